The maximum atomic E-state index is 15.1. The van der Waals surface area contributed by atoms with Gasteiger partial charge in [0.25, 0.3) is 27.8 Å². The van der Waals surface area contributed by atoms with Gasteiger partial charge in [-0.25, -0.2) is 4.79 Å². The van der Waals surface area contributed by atoms with Gasteiger partial charge in [-0.1, -0.05) is 31.1 Å². The number of anilines is 1. The molecule has 322 valence electrons. The van der Waals surface area contributed by atoms with Crippen LogP contribution < -0.4 is 20.6 Å². The van der Waals surface area contributed by atoms with Crippen LogP contribution in [0.2, 0.25) is 0 Å². The molecular formula is C44H51N7O9S. The molecule has 2 atom stereocenters. The molecule has 16 nitrogen and oxygen atoms in total. The zero-order valence-corrected chi connectivity index (χ0v) is 36.1. The van der Waals surface area contributed by atoms with Crippen molar-refractivity contribution < 1.29 is 41.7 Å². The highest BCUT2D eigenvalue weighted by atomic mass is 32.2. The molecule has 2 N–H and O–H groups in total. The van der Waals surface area contributed by atoms with E-state index in [1.807, 2.05) is 12.1 Å². The van der Waals surface area contributed by atoms with E-state index in [0.717, 1.165) is 45.8 Å². The second-order valence-electron chi connectivity index (χ2n) is 17.8. The molecule has 7 rings (SSSR count). The van der Waals surface area contributed by atoms with Crippen molar-refractivity contribution in [3.05, 3.63) is 96.9 Å². The van der Waals surface area contributed by atoms with Crippen LogP contribution in [0.4, 0.5) is 5.69 Å². The van der Waals surface area contributed by atoms with Gasteiger partial charge in [0.05, 0.1) is 23.1 Å². The van der Waals surface area contributed by atoms with Gasteiger partial charge in [0.2, 0.25) is 0 Å². The monoisotopic (exact) mass is 853 g/mol. The molecule has 0 aromatic heterocycles. The van der Waals surface area contributed by atoms with E-state index in [2.05, 4.69) is 69.0 Å². The summed E-state index contributed by atoms with van der Waals surface area (Å²) in [6.45, 7) is 12.9. The molecule has 0 spiro atoms. The lowest BCUT2D eigenvalue weighted by molar-refractivity contribution is -0.197. The van der Waals surface area contributed by atoms with Crippen LogP contribution in [-0.2, 0) is 35.8 Å². The zero-order chi connectivity index (χ0) is 44.0. The third-order valence-electron chi connectivity index (χ3n) is 11.6. The molecule has 1 fully saturated rings. The summed E-state index contributed by atoms with van der Waals surface area (Å²) in [5.74, 6) is -1.81. The fraction of sp³-hybridized carbons (Fsp3) is 0.477. The molecule has 3 aromatic rings. The Labute approximate surface area is 354 Å². The Morgan fingerprint density at radius 3 is 2.39 bits per heavy atom. The van der Waals surface area contributed by atoms with E-state index in [4.69, 9.17) is 20.1 Å². The third-order valence-corrected chi connectivity index (χ3v) is 12.4. The Kier molecular flexibility index (Phi) is 11.8. The first-order valence-electron chi connectivity index (χ1n) is 20.6. The van der Waals surface area contributed by atoms with E-state index in [-0.39, 0.29) is 73.8 Å². The molecule has 61 heavy (non-hydrogen) atoms. The van der Waals surface area contributed by atoms with E-state index in [1.54, 1.807) is 18.2 Å². The highest BCUT2D eigenvalue weighted by Crippen LogP contribution is 2.46. The predicted molar refractivity (Wildman–Crippen MR) is 226 cm³/mol. The van der Waals surface area contributed by atoms with E-state index in [0.29, 0.717) is 33.3 Å². The van der Waals surface area contributed by atoms with Gasteiger partial charge >= 0.3 is 5.97 Å². The van der Waals surface area contributed by atoms with Crippen LogP contribution in [0.15, 0.2) is 52.6 Å². The number of nitrogens with one attached hydrogen (secondary N) is 1. The van der Waals surface area contributed by atoms with Crippen molar-refractivity contribution in [3.63, 3.8) is 0 Å². The van der Waals surface area contributed by atoms with Gasteiger partial charge in [0.15, 0.2) is 0 Å². The predicted octanol–water partition coefficient (Wildman–Crippen LogP) is 6.21. The van der Waals surface area contributed by atoms with Crippen molar-refractivity contribution in [1.82, 2.24) is 9.96 Å². The summed E-state index contributed by atoms with van der Waals surface area (Å²) in [7, 11) is -4.35. The number of benzene rings is 3. The first-order valence-corrected chi connectivity index (χ1v) is 22.2. The average Bonchev–Trinajstić information content (AvgIpc) is 3.47. The molecule has 0 saturated carbocycles. The molecule has 3 amide bonds. The summed E-state index contributed by atoms with van der Waals surface area (Å²) in [4.78, 5) is 67.4. The average molecular weight is 854 g/mol. The van der Waals surface area contributed by atoms with Crippen molar-refractivity contribution in [3.8, 4) is 11.5 Å². The molecule has 4 aliphatic rings. The van der Waals surface area contributed by atoms with Gasteiger partial charge in [-0.15, -0.1) is 5.06 Å². The van der Waals surface area contributed by atoms with Crippen LogP contribution in [0.1, 0.15) is 130 Å². The molecule has 0 radical (unpaired) electrons. The second-order valence-corrected chi connectivity index (χ2v) is 19.4. The number of imide groups is 1. The summed E-state index contributed by atoms with van der Waals surface area (Å²) in [5.41, 5.74) is 14.0. The van der Waals surface area contributed by atoms with Crippen LogP contribution >= 0.6 is 0 Å². The van der Waals surface area contributed by atoms with Crippen molar-refractivity contribution >= 4 is 45.1 Å². The van der Waals surface area contributed by atoms with Crippen LogP contribution in [0.5, 0.6) is 11.5 Å². The highest BCUT2D eigenvalue weighted by Gasteiger charge is 2.36. The number of azide groups is 1. The molecule has 17 heteroatoms. The molecule has 4 aliphatic heterocycles. The smallest absolute Gasteiger partial charge is 0.337 e. The second kappa shape index (κ2) is 16.6. The summed E-state index contributed by atoms with van der Waals surface area (Å²) >= 11 is 0. The fourth-order valence-corrected chi connectivity index (χ4v) is 9.67. The lowest BCUT2D eigenvalue weighted by Gasteiger charge is -2.38. The summed E-state index contributed by atoms with van der Waals surface area (Å²) < 4.78 is 39.8. The first kappa shape index (κ1) is 43.3. The van der Waals surface area contributed by atoms with Gasteiger partial charge in [0, 0.05) is 82.7 Å². The molecule has 1 saturated heterocycles. The van der Waals surface area contributed by atoms with E-state index < -0.39 is 46.0 Å². The molecule has 3 aromatic carbocycles. The molecule has 4 heterocycles. The van der Waals surface area contributed by atoms with Gasteiger partial charge < -0.3 is 19.8 Å². The maximum Gasteiger partial charge on any atom is 0.337 e. The van der Waals surface area contributed by atoms with Crippen molar-refractivity contribution in [2.75, 3.05) is 30.7 Å². The number of hydrogen-bond acceptors (Lipinski definition) is 11. The van der Waals surface area contributed by atoms with Crippen molar-refractivity contribution in [1.29, 1.82) is 0 Å². The normalized spacial score (nSPS) is 19.5. The van der Waals surface area contributed by atoms with Gasteiger partial charge in [-0.3, -0.25) is 23.9 Å². The zero-order valence-electron chi connectivity index (χ0n) is 35.3. The Hall–Kier alpha value is -5.77. The first-order chi connectivity index (χ1) is 28.7. The Morgan fingerprint density at radius 1 is 0.984 bits per heavy atom. The van der Waals surface area contributed by atoms with Crippen LogP contribution in [-0.4, -0.2) is 83.1 Å². The largest absolute Gasteiger partial charge is 0.456 e. The van der Waals surface area contributed by atoms with Crippen molar-refractivity contribution in [2.45, 2.75) is 109 Å². The number of hydroxylamine groups is 2. The number of rotatable bonds is 13. The Bertz CT molecular complexity index is 2620. The molecule has 0 bridgehead atoms. The number of amides is 3. The van der Waals surface area contributed by atoms with Crippen LogP contribution in [0, 0.1) is 0 Å². The van der Waals surface area contributed by atoms with Crippen LogP contribution in [0.3, 0.4) is 0 Å². The minimum Gasteiger partial charge on any atom is -0.456 e. The van der Waals surface area contributed by atoms with Gasteiger partial charge in [0.1, 0.15) is 11.5 Å². The SMILES string of the molecule is CC1CC(C)(C)Nc2cc3c(cc21)C(c1ccc(CC(=O)ON2C(=O)CCC2=O)cc1C(=O)N(CCCN=[N+]=[N-])CCCS(=O)(=O)O)=c1cc2c(cc1O3)=NC(C)(C)CC2C. The van der Waals surface area contributed by atoms with Gasteiger partial charge in [-0.05, 0) is 111 Å². The topological polar surface area (TPSA) is 221 Å². The standard InChI is InChI=1S/C44H51N7O9S/c1-25-23-43(3,4)47-34-21-36-32(19-29(25)34)41(33-20-30-26(2)24-44(5,6)48-35(30)22-37(33)59-36)28-10-9-27(18-40(54)60-51-38(52)11-12-39(51)53)17-31(28)42(55)50(14-7-13-46-49-45)15-8-16-61(56,57)58/h9-10,17,19-22,25-26,47H,7-8,11-16,18,23-24H2,1-6H3,(H,56,57,58). The van der Waals surface area contributed by atoms with E-state index in [1.165, 1.54) is 4.90 Å². The van der Waals surface area contributed by atoms with E-state index in [9.17, 15) is 27.4 Å². The van der Waals surface area contributed by atoms with Gasteiger partial charge in [-0.2, -0.15) is 8.42 Å². The number of carbonyl (C=O) groups is 4. The fourth-order valence-electron chi connectivity index (χ4n) is 9.18. The Morgan fingerprint density at radius 2 is 1.69 bits per heavy atom. The number of carbonyl (C=O) groups excluding carboxylic acids is 4. The number of hydrogen-bond donors (Lipinski definition) is 2. The maximum absolute atomic E-state index is 15.1. The minimum absolute atomic E-state index is 0.0680. The minimum atomic E-state index is -4.35. The molecule has 2 unspecified atom stereocenters. The third kappa shape index (κ3) is 9.43. The lowest BCUT2D eigenvalue weighted by Crippen LogP contribution is -2.37. The number of ether oxygens (including phenoxy) is 1. The van der Waals surface area contributed by atoms with Crippen molar-refractivity contribution in [2.24, 2.45) is 10.1 Å². The Balaban J connectivity index is 1.44. The number of nitrogens with zero attached hydrogens (tertiary/aromatic N) is 6. The van der Waals surface area contributed by atoms with Crippen LogP contribution in [0.25, 0.3) is 16.0 Å². The number of fused-ring (bicyclic) bond motifs is 4. The molecule has 0 aliphatic carbocycles. The highest BCUT2D eigenvalue weighted by molar-refractivity contribution is 7.85. The lowest BCUT2D eigenvalue weighted by atomic mass is 9.79. The van der Waals surface area contributed by atoms with E-state index >= 15 is 4.79 Å². The molecular weight excluding hydrogens is 803 g/mol. The quantitative estimate of drug-likeness (QED) is 0.0386. The summed E-state index contributed by atoms with van der Waals surface area (Å²) in [6.07, 6.45) is 1.33. The summed E-state index contributed by atoms with van der Waals surface area (Å²) in [5, 5.41) is 9.31. The summed E-state index contributed by atoms with van der Waals surface area (Å²) in [6, 6.07) is 13.2.